The molecule has 21 heavy (non-hydrogen) atoms. The SMILES string of the molecule is CCC(NC)c1ccccc1N(C)Cc1cccc(C)c1. The number of benzene rings is 2. The lowest BCUT2D eigenvalue weighted by molar-refractivity contribution is 0.575. The summed E-state index contributed by atoms with van der Waals surface area (Å²) in [5.74, 6) is 0. The molecule has 0 radical (unpaired) electrons. The molecule has 2 aromatic rings. The summed E-state index contributed by atoms with van der Waals surface area (Å²) < 4.78 is 0. The molecule has 1 N–H and O–H groups in total. The van der Waals surface area contributed by atoms with Crippen molar-refractivity contribution in [3.8, 4) is 0 Å². The van der Waals surface area contributed by atoms with Gasteiger partial charge in [0.2, 0.25) is 0 Å². The van der Waals surface area contributed by atoms with Crippen LogP contribution < -0.4 is 10.2 Å². The lowest BCUT2D eigenvalue weighted by atomic mass is 10.0. The molecule has 0 fully saturated rings. The van der Waals surface area contributed by atoms with Crippen LogP contribution >= 0.6 is 0 Å². The topological polar surface area (TPSA) is 15.3 Å². The molecule has 2 aromatic carbocycles. The third-order valence-corrected chi connectivity index (χ3v) is 3.98. The van der Waals surface area contributed by atoms with E-state index in [0.29, 0.717) is 6.04 Å². The van der Waals surface area contributed by atoms with Crippen LogP contribution in [0.25, 0.3) is 0 Å². The largest absolute Gasteiger partial charge is 0.370 e. The zero-order chi connectivity index (χ0) is 15.2. The standard InChI is InChI=1S/C19H26N2/c1-5-18(20-3)17-11-6-7-12-19(17)21(4)14-16-10-8-9-15(2)13-16/h6-13,18,20H,5,14H2,1-4H3. The van der Waals surface area contributed by atoms with Gasteiger partial charge in [-0.2, -0.15) is 0 Å². The molecule has 1 unspecified atom stereocenters. The van der Waals surface area contributed by atoms with Crippen molar-refractivity contribution in [3.05, 3.63) is 65.2 Å². The predicted octanol–water partition coefficient (Wildman–Crippen LogP) is 4.30. The van der Waals surface area contributed by atoms with Gasteiger partial charge in [0.1, 0.15) is 0 Å². The molecule has 0 aliphatic carbocycles. The van der Waals surface area contributed by atoms with Gasteiger partial charge in [0.25, 0.3) is 0 Å². The van der Waals surface area contributed by atoms with Gasteiger partial charge in [-0.3, -0.25) is 0 Å². The number of aryl methyl sites for hydroxylation is 1. The highest BCUT2D eigenvalue weighted by atomic mass is 15.1. The quantitative estimate of drug-likeness (QED) is 0.849. The Labute approximate surface area is 128 Å². The minimum atomic E-state index is 0.404. The number of hydrogen-bond acceptors (Lipinski definition) is 2. The van der Waals surface area contributed by atoms with E-state index in [-0.39, 0.29) is 0 Å². The number of rotatable bonds is 6. The summed E-state index contributed by atoms with van der Waals surface area (Å²) in [6, 6.07) is 17.8. The van der Waals surface area contributed by atoms with Gasteiger partial charge in [-0.05, 0) is 37.6 Å². The lowest BCUT2D eigenvalue weighted by Gasteiger charge is -2.26. The fraction of sp³-hybridized carbons (Fsp3) is 0.368. The zero-order valence-corrected chi connectivity index (χ0v) is 13.6. The van der Waals surface area contributed by atoms with Gasteiger partial charge in [0.05, 0.1) is 0 Å². The Morgan fingerprint density at radius 1 is 1.10 bits per heavy atom. The Bertz CT molecular complexity index is 573. The number of hydrogen-bond donors (Lipinski definition) is 1. The maximum atomic E-state index is 3.41. The van der Waals surface area contributed by atoms with Gasteiger partial charge >= 0.3 is 0 Å². The molecule has 0 bridgehead atoms. The molecule has 1 atom stereocenters. The average Bonchev–Trinajstić information content (AvgIpc) is 2.49. The van der Waals surface area contributed by atoms with Crippen molar-refractivity contribution in [3.63, 3.8) is 0 Å². The predicted molar refractivity (Wildman–Crippen MR) is 91.8 cm³/mol. The van der Waals surface area contributed by atoms with Crippen LogP contribution in [0, 0.1) is 6.92 Å². The first-order chi connectivity index (χ1) is 10.2. The highest BCUT2D eigenvalue weighted by molar-refractivity contribution is 5.55. The summed E-state index contributed by atoms with van der Waals surface area (Å²) in [7, 11) is 4.20. The third kappa shape index (κ3) is 3.85. The summed E-state index contributed by atoms with van der Waals surface area (Å²) in [4.78, 5) is 2.34. The Morgan fingerprint density at radius 2 is 1.86 bits per heavy atom. The molecule has 2 heteroatoms. The first-order valence-corrected chi connectivity index (χ1v) is 7.68. The van der Waals surface area contributed by atoms with E-state index >= 15 is 0 Å². The summed E-state index contributed by atoms with van der Waals surface area (Å²) in [5, 5.41) is 3.41. The number of para-hydroxylation sites is 1. The van der Waals surface area contributed by atoms with E-state index in [1.54, 1.807) is 0 Å². The van der Waals surface area contributed by atoms with Gasteiger partial charge in [0, 0.05) is 25.3 Å². The van der Waals surface area contributed by atoms with Gasteiger partial charge in [-0.25, -0.2) is 0 Å². The molecular weight excluding hydrogens is 256 g/mol. The van der Waals surface area contributed by atoms with E-state index in [1.807, 2.05) is 7.05 Å². The molecule has 0 saturated carbocycles. The van der Waals surface area contributed by atoms with Gasteiger partial charge in [-0.1, -0.05) is 55.0 Å². The minimum absolute atomic E-state index is 0.404. The summed E-state index contributed by atoms with van der Waals surface area (Å²) in [6.45, 7) is 5.29. The van der Waals surface area contributed by atoms with Crippen molar-refractivity contribution in [2.24, 2.45) is 0 Å². The second-order valence-electron chi connectivity index (χ2n) is 5.65. The molecule has 0 aliphatic rings. The number of nitrogens with one attached hydrogen (secondary N) is 1. The third-order valence-electron chi connectivity index (χ3n) is 3.98. The van der Waals surface area contributed by atoms with Crippen LogP contribution in [-0.2, 0) is 6.54 Å². The summed E-state index contributed by atoms with van der Waals surface area (Å²) >= 11 is 0. The van der Waals surface area contributed by atoms with Crippen molar-refractivity contribution in [1.82, 2.24) is 5.32 Å². The summed E-state index contributed by atoms with van der Waals surface area (Å²) in [5.41, 5.74) is 5.35. The number of nitrogens with zero attached hydrogens (tertiary/aromatic N) is 1. The average molecular weight is 282 g/mol. The van der Waals surface area contributed by atoms with E-state index in [4.69, 9.17) is 0 Å². The fourth-order valence-corrected chi connectivity index (χ4v) is 2.88. The van der Waals surface area contributed by atoms with Crippen molar-refractivity contribution in [2.45, 2.75) is 32.9 Å². The second-order valence-corrected chi connectivity index (χ2v) is 5.65. The smallest absolute Gasteiger partial charge is 0.0426 e. The molecule has 0 heterocycles. The highest BCUT2D eigenvalue weighted by Crippen LogP contribution is 2.28. The Hall–Kier alpha value is -1.80. The van der Waals surface area contributed by atoms with Crippen molar-refractivity contribution < 1.29 is 0 Å². The summed E-state index contributed by atoms with van der Waals surface area (Å²) in [6.07, 6.45) is 1.09. The van der Waals surface area contributed by atoms with Gasteiger partial charge in [-0.15, -0.1) is 0 Å². The van der Waals surface area contributed by atoms with E-state index in [2.05, 4.69) is 79.6 Å². The molecule has 0 amide bonds. The van der Waals surface area contributed by atoms with E-state index < -0.39 is 0 Å². The first-order valence-electron chi connectivity index (χ1n) is 7.68. The highest BCUT2D eigenvalue weighted by Gasteiger charge is 2.14. The van der Waals surface area contributed by atoms with Gasteiger partial charge < -0.3 is 10.2 Å². The maximum absolute atomic E-state index is 3.41. The lowest BCUT2D eigenvalue weighted by Crippen LogP contribution is -2.22. The molecule has 2 nitrogen and oxygen atoms in total. The molecule has 0 spiro atoms. The van der Waals surface area contributed by atoms with Crippen molar-refractivity contribution >= 4 is 5.69 Å². The Balaban J connectivity index is 2.25. The van der Waals surface area contributed by atoms with Crippen LogP contribution in [0.4, 0.5) is 5.69 Å². The second kappa shape index (κ2) is 7.28. The first kappa shape index (κ1) is 15.6. The molecule has 0 aromatic heterocycles. The fourth-order valence-electron chi connectivity index (χ4n) is 2.88. The van der Waals surface area contributed by atoms with Crippen LogP contribution in [0.5, 0.6) is 0 Å². The molecular formula is C19H26N2. The zero-order valence-electron chi connectivity index (χ0n) is 13.6. The van der Waals surface area contributed by atoms with Crippen LogP contribution in [-0.4, -0.2) is 14.1 Å². The van der Waals surface area contributed by atoms with Crippen molar-refractivity contribution in [1.29, 1.82) is 0 Å². The van der Waals surface area contributed by atoms with Crippen LogP contribution in [0.2, 0.25) is 0 Å². The molecule has 112 valence electrons. The van der Waals surface area contributed by atoms with E-state index in [9.17, 15) is 0 Å². The molecule has 0 aliphatic heterocycles. The minimum Gasteiger partial charge on any atom is -0.370 e. The normalized spacial score (nSPS) is 12.2. The van der Waals surface area contributed by atoms with Crippen LogP contribution in [0.1, 0.15) is 36.1 Å². The van der Waals surface area contributed by atoms with Gasteiger partial charge in [0.15, 0.2) is 0 Å². The van der Waals surface area contributed by atoms with Crippen LogP contribution in [0.15, 0.2) is 48.5 Å². The monoisotopic (exact) mass is 282 g/mol. The van der Waals surface area contributed by atoms with Crippen molar-refractivity contribution in [2.75, 3.05) is 19.0 Å². The van der Waals surface area contributed by atoms with Crippen LogP contribution in [0.3, 0.4) is 0 Å². The van der Waals surface area contributed by atoms with E-state index in [1.165, 1.54) is 22.4 Å². The Morgan fingerprint density at radius 3 is 2.52 bits per heavy atom. The maximum Gasteiger partial charge on any atom is 0.0426 e. The number of anilines is 1. The Kier molecular flexibility index (Phi) is 5.40. The molecule has 0 saturated heterocycles. The van der Waals surface area contributed by atoms with E-state index in [0.717, 1.165) is 13.0 Å². The molecule has 2 rings (SSSR count).